The van der Waals surface area contributed by atoms with Gasteiger partial charge < -0.3 is 68.4 Å². The lowest BCUT2D eigenvalue weighted by Gasteiger charge is -2.09. The molecule has 0 aliphatic heterocycles. The first kappa shape index (κ1) is 43.9. The monoisotopic (exact) mass is 657 g/mol. The molecule has 0 aliphatic carbocycles. The molecule has 0 aromatic carbocycles. The number of hydrogen-bond donors (Lipinski definition) is 4. The molecule has 0 bridgehead atoms. The van der Waals surface area contributed by atoms with E-state index in [1.54, 1.807) is 0 Å². The second-order valence-corrected chi connectivity index (χ2v) is 9.55. The van der Waals surface area contributed by atoms with Crippen LogP contribution in [0.3, 0.4) is 0 Å². The Kier molecular flexibility index (Phi) is 40.0. The second kappa shape index (κ2) is 41.0. The van der Waals surface area contributed by atoms with Crippen molar-refractivity contribution in [1.29, 1.82) is 0 Å². The normalized spacial score (nSPS) is 11.5. The highest BCUT2D eigenvalue weighted by Crippen LogP contribution is 1.87. The number of carbonyl (C=O) groups is 1. The average molecular weight is 658 g/mol. The Balaban J connectivity index is 3.04. The minimum Gasteiger partial charge on any atom is -0.481 e. The van der Waals surface area contributed by atoms with Gasteiger partial charge in [0.15, 0.2) is 0 Å². The summed E-state index contributed by atoms with van der Waals surface area (Å²) in [4.78, 5) is 10.3. The molecule has 4 N–H and O–H groups in total. The van der Waals surface area contributed by atoms with Crippen LogP contribution >= 0.6 is 0 Å². The topological polar surface area (TPSA) is 166 Å². The first-order valence-corrected chi connectivity index (χ1v) is 16.4. The first-order chi connectivity index (χ1) is 22.3. The van der Waals surface area contributed by atoms with Crippen LogP contribution in [0.25, 0.3) is 0 Å². The lowest BCUT2D eigenvalue weighted by atomic mass is 10.4. The highest BCUT2D eigenvalue weighted by Gasteiger charge is 1.98. The van der Waals surface area contributed by atoms with E-state index in [-0.39, 0.29) is 13.0 Å². The quantitative estimate of drug-likeness (QED) is 0.0518. The van der Waals surface area contributed by atoms with Gasteiger partial charge in [0, 0.05) is 13.2 Å². The lowest BCUT2D eigenvalue weighted by molar-refractivity contribution is -0.138. The Bertz CT molecular complexity index is 570. The maximum Gasteiger partial charge on any atom is 0.305 e. The van der Waals surface area contributed by atoms with Gasteiger partial charge in [0.1, 0.15) is 0 Å². The maximum absolute atomic E-state index is 10.3. The SMILES string of the molecule is CCCNCCCNCNCCOCCOCCOCCOCCOCCOCCOCCOCCOCCOCCC(=O)O. The molecule has 0 aromatic heterocycles. The van der Waals surface area contributed by atoms with Gasteiger partial charge in [0.05, 0.1) is 139 Å². The van der Waals surface area contributed by atoms with E-state index >= 15 is 0 Å². The third-order valence-electron chi connectivity index (χ3n) is 5.62. The van der Waals surface area contributed by atoms with Crippen LogP contribution in [0, 0.1) is 0 Å². The number of aliphatic carboxylic acids is 1. The minimum atomic E-state index is -0.872. The van der Waals surface area contributed by atoms with Crippen molar-refractivity contribution >= 4 is 5.97 Å². The standard InChI is InChI=1S/C30H63N3O12/c1-2-5-31-6-3-7-32-29-33-8-10-37-12-14-39-16-18-41-20-22-43-24-26-45-28-27-44-25-23-42-21-19-40-17-15-38-13-11-36-9-4-30(34)35/h31-33H,2-29H2,1H3,(H,34,35). The van der Waals surface area contributed by atoms with Crippen LogP contribution in [0.5, 0.6) is 0 Å². The Morgan fingerprint density at radius 2 is 0.733 bits per heavy atom. The number of nitrogens with one attached hydrogen (secondary N) is 3. The van der Waals surface area contributed by atoms with Crippen LogP contribution in [0.15, 0.2) is 0 Å². The molecule has 0 amide bonds. The van der Waals surface area contributed by atoms with E-state index in [0.717, 1.165) is 39.3 Å². The number of carboxylic acids is 1. The minimum absolute atomic E-state index is 0.000154. The molecule has 15 heteroatoms. The van der Waals surface area contributed by atoms with Gasteiger partial charge in [-0.1, -0.05) is 6.92 Å². The molecule has 0 fully saturated rings. The van der Waals surface area contributed by atoms with Crippen molar-refractivity contribution < 1.29 is 57.3 Å². The van der Waals surface area contributed by atoms with E-state index in [1.165, 1.54) is 6.42 Å². The number of hydrogen-bond acceptors (Lipinski definition) is 14. The zero-order valence-corrected chi connectivity index (χ0v) is 27.7. The molecule has 0 saturated heterocycles. The summed E-state index contributed by atoms with van der Waals surface area (Å²) in [6.07, 6.45) is 2.31. The van der Waals surface area contributed by atoms with Crippen molar-refractivity contribution in [3.05, 3.63) is 0 Å². The highest BCUT2D eigenvalue weighted by atomic mass is 16.6. The van der Waals surface area contributed by atoms with E-state index in [2.05, 4.69) is 22.9 Å². The third kappa shape index (κ3) is 43.0. The van der Waals surface area contributed by atoms with Crippen LogP contribution in [0.4, 0.5) is 0 Å². The van der Waals surface area contributed by atoms with E-state index in [4.69, 9.17) is 52.5 Å². The molecule has 0 rings (SSSR count). The summed E-state index contributed by atoms with van der Waals surface area (Å²) in [5.74, 6) is -0.872. The molecule has 0 aliphatic rings. The van der Waals surface area contributed by atoms with Gasteiger partial charge in [-0.3, -0.25) is 4.79 Å². The first-order valence-electron chi connectivity index (χ1n) is 16.4. The van der Waals surface area contributed by atoms with Gasteiger partial charge in [-0.2, -0.15) is 0 Å². The molecule has 0 atom stereocenters. The van der Waals surface area contributed by atoms with Crippen molar-refractivity contribution in [3.8, 4) is 0 Å². The van der Waals surface area contributed by atoms with Crippen LogP contribution < -0.4 is 16.0 Å². The molecular weight excluding hydrogens is 594 g/mol. The molecule has 0 unspecified atom stereocenters. The van der Waals surface area contributed by atoms with Gasteiger partial charge in [0.2, 0.25) is 0 Å². The fraction of sp³-hybridized carbons (Fsp3) is 0.967. The molecule has 0 saturated carbocycles. The van der Waals surface area contributed by atoms with Crippen molar-refractivity contribution in [1.82, 2.24) is 16.0 Å². The summed E-state index contributed by atoms with van der Waals surface area (Å²) in [7, 11) is 0. The fourth-order valence-electron chi connectivity index (χ4n) is 3.29. The van der Waals surface area contributed by atoms with Gasteiger partial charge in [-0.05, 0) is 32.5 Å². The van der Waals surface area contributed by atoms with E-state index < -0.39 is 5.97 Å². The fourth-order valence-corrected chi connectivity index (χ4v) is 3.29. The molecule has 0 aromatic rings. The number of ether oxygens (including phenoxy) is 10. The summed E-state index contributed by atoms with van der Waals surface area (Å²) in [6.45, 7) is 16.7. The molecule has 15 nitrogen and oxygen atoms in total. The van der Waals surface area contributed by atoms with Gasteiger partial charge in [0.25, 0.3) is 0 Å². The summed E-state index contributed by atoms with van der Waals surface area (Å²) < 4.78 is 54.2. The largest absolute Gasteiger partial charge is 0.481 e. The molecule has 270 valence electrons. The van der Waals surface area contributed by atoms with Crippen molar-refractivity contribution in [2.24, 2.45) is 0 Å². The van der Waals surface area contributed by atoms with Crippen molar-refractivity contribution in [2.45, 2.75) is 26.2 Å². The Hall–Kier alpha value is -1.05. The Labute approximate surface area is 270 Å². The van der Waals surface area contributed by atoms with Crippen LogP contribution in [0.1, 0.15) is 26.2 Å². The molecule has 0 spiro atoms. The molecular formula is C30H63N3O12. The predicted octanol–water partition coefficient (Wildman–Crippen LogP) is 0.154. The van der Waals surface area contributed by atoms with Crippen LogP contribution in [-0.2, 0) is 52.2 Å². The highest BCUT2D eigenvalue weighted by molar-refractivity contribution is 5.66. The Morgan fingerprint density at radius 1 is 0.422 bits per heavy atom. The van der Waals surface area contributed by atoms with E-state index in [0.29, 0.717) is 126 Å². The van der Waals surface area contributed by atoms with E-state index in [1.807, 2.05) is 0 Å². The summed E-state index contributed by atoms with van der Waals surface area (Å²) in [6, 6.07) is 0. The third-order valence-corrected chi connectivity index (χ3v) is 5.62. The van der Waals surface area contributed by atoms with Gasteiger partial charge in [-0.15, -0.1) is 0 Å². The van der Waals surface area contributed by atoms with Crippen molar-refractivity contribution in [3.63, 3.8) is 0 Å². The number of carboxylic acid groups (broad SMARTS) is 1. The smallest absolute Gasteiger partial charge is 0.305 e. The summed E-state index contributed by atoms with van der Waals surface area (Å²) in [5, 5.41) is 18.5. The average Bonchev–Trinajstić information content (AvgIpc) is 3.03. The molecule has 0 heterocycles. The summed E-state index contributed by atoms with van der Waals surface area (Å²) >= 11 is 0. The zero-order chi connectivity index (χ0) is 32.6. The second-order valence-electron chi connectivity index (χ2n) is 9.55. The van der Waals surface area contributed by atoms with E-state index in [9.17, 15) is 4.79 Å². The van der Waals surface area contributed by atoms with Gasteiger partial charge in [-0.25, -0.2) is 0 Å². The predicted molar refractivity (Wildman–Crippen MR) is 169 cm³/mol. The molecule has 45 heavy (non-hydrogen) atoms. The lowest BCUT2D eigenvalue weighted by Crippen LogP contribution is -2.33. The maximum atomic E-state index is 10.3. The zero-order valence-electron chi connectivity index (χ0n) is 27.7. The van der Waals surface area contributed by atoms with Crippen molar-refractivity contribution in [2.75, 3.05) is 165 Å². The summed E-state index contributed by atoms with van der Waals surface area (Å²) in [5.41, 5.74) is 0. The Morgan fingerprint density at radius 3 is 1.09 bits per heavy atom. The van der Waals surface area contributed by atoms with Crippen LogP contribution in [0.2, 0.25) is 0 Å². The van der Waals surface area contributed by atoms with Gasteiger partial charge >= 0.3 is 5.97 Å². The molecule has 0 radical (unpaired) electrons. The number of rotatable bonds is 41. The van der Waals surface area contributed by atoms with Crippen LogP contribution in [-0.4, -0.2) is 176 Å².